The number of rotatable bonds is 6. The Kier molecular flexibility index (Phi) is 5.33. The van der Waals surface area contributed by atoms with Gasteiger partial charge in [-0.2, -0.15) is 0 Å². The topological polar surface area (TPSA) is 128 Å². The number of benzene rings is 1. The Hall–Kier alpha value is -3.88. The van der Waals surface area contributed by atoms with Gasteiger partial charge in [0.1, 0.15) is 12.3 Å². The molecule has 1 aromatic carbocycles. The van der Waals surface area contributed by atoms with Crippen LogP contribution in [0, 0.1) is 6.92 Å². The molecule has 0 unspecified atom stereocenters. The van der Waals surface area contributed by atoms with Gasteiger partial charge in [-0.05, 0) is 36.4 Å². The minimum absolute atomic E-state index is 0.167. The predicted molar refractivity (Wildman–Crippen MR) is 115 cm³/mol. The van der Waals surface area contributed by atoms with Gasteiger partial charge >= 0.3 is 11.9 Å². The molecule has 3 aromatic rings. The highest BCUT2D eigenvalue weighted by molar-refractivity contribution is 5.84. The van der Waals surface area contributed by atoms with Crippen molar-refractivity contribution in [2.75, 3.05) is 7.11 Å². The monoisotopic (exact) mass is 438 g/mol. The Bertz CT molecular complexity index is 1380. The molecule has 0 spiro atoms. The first kappa shape index (κ1) is 21.4. The molecule has 9 nitrogen and oxygen atoms in total. The van der Waals surface area contributed by atoms with Gasteiger partial charge < -0.3 is 24.1 Å². The molecule has 1 atom stereocenters. The molecule has 4 rings (SSSR count). The summed E-state index contributed by atoms with van der Waals surface area (Å²) in [6, 6.07) is 8.57. The lowest BCUT2D eigenvalue weighted by atomic mass is 9.88. The zero-order chi connectivity index (χ0) is 23.2. The Balaban J connectivity index is 2.01. The molecule has 9 heteroatoms. The summed E-state index contributed by atoms with van der Waals surface area (Å²) in [5.41, 5.74) is 0.927. The molecule has 32 heavy (non-hydrogen) atoms. The van der Waals surface area contributed by atoms with E-state index < -0.39 is 35.7 Å². The molecule has 166 valence electrons. The highest BCUT2D eigenvalue weighted by Gasteiger charge is 2.31. The normalized spacial score (nSPS) is 13.3. The molecule has 0 saturated carbocycles. The highest BCUT2D eigenvalue weighted by Crippen LogP contribution is 2.33. The lowest BCUT2D eigenvalue weighted by Crippen LogP contribution is -2.33. The van der Waals surface area contributed by atoms with Crippen molar-refractivity contribution < 1.29 is 24.5 Å². The van der Waals surface area contributed by atoms with Gasteiger partial charge in [-0.1, -0.05) is 18.2 Å². The van der Waals surface area contributed by atoms with Crippen molar-refractivity contribution in [3.8, 4) is 5.75 Å². The summed E-state index contributed by atoms with van der Waals surface area (Å²) in [7, 11) is 1.19. The second kappa shape index (κ2) is 7.99. The number of carbonyl (C=O) groups is 2. The van der Waals surface area contributed by atoms with E-state index in [9.17, 15) is 29.4 Å². The average molecular weight is 438 g/mol. The molecule has 2 aromatic heterocycles. The number of carboxylic acids is 1. The predicted octanol–water partition coefficient (Wildman–Crippen LogP) is 1.51. The van der Waals surface area contributed by atoms with Crippen molar-refractivity contribution in [2.24, 2.45) is 0 Å². The summed E-state index contributed by atoms with van der Waals surface area (Å²) in [6.07, 6.45) is 0.328. The van der Waals surface area contributed by atoms with Crippen molar-refractivity contribution in [1.82, 2.24) is 9.13 Å². The summed E-state index contributed by atoms with van der Waals surface area (Å²) in [5, 5.41) is 20.6. The molecule has 2 N–H and O–H groups in total. The lowest BCUT2D eigenvalue weighted by molar-refractivity contribution is -0.141. The highest BCUT2D eigenvalue weighted by atomic mass is 16.5. The fourth-order valence-electron chi connectivity index (χ4n) is 4.49. The summed E-state index contributed by atoms with van der Waals surface area (Å²) < 4.78 is 7.40. The van der Waals surface area contributed by atoms with Crippen molar-refractivity contribution in [3.63, 3.8) is 0 Å². The molecule has 0 amide bonds. The van der Waals surface area contributed by atoms with Crippen molar-refractivity contribution in [1.29, 1.82) is 0 Å². The van der Waals surface area contributed by atoms with Crippen LogP contribution in [0.25, 0.3) is 10.9 Å². The van der Waals surface area contributed by atoms with E-state index in [4.69, 9.17) is 4.74 Å². The van der Waals surface area contributed by atoms with Gasteiger partial charge in [-0.3, -0.25) is 19.2 Å². The van der Waals surface area contributed by atoms with Crippen LogP contribution in [-0.4, -0.2) is 38.4 Å². The van der Waals surface area contributed by atoms with Gasteiger partial charge in [0.25, 0.3) is 11.1 Å². The van der Waals surface area contributed by atoms with Crippen molar-refractivity contribution in [3.05, 3.63) is 73.4 Å². The van der Waals surface area contributed by atoms with Gasteiger partial charge in [0.05, 0.1) is 24.6 Å². The summed E-state index contributed by atoms with van der Waals surface area (Å²) in [5.74, 6) is -3.42. The molecular weight excluding hydrogens is 416 g/mol. The molecule has 0 bridgehead atoms. The number of carbonyl (C=O) groups excluding carboxylic acids is 1. The SMILES string of the molecule is COC(=O)C[C@@H](c1c(O)cc(C)n(CC(=O)O)c1=O)c1cc2cccc3c2n(c1=O)CC3. The number of methoxy groups -OCH3 is 1. The van der Waals surface area contributed by atoms with Crippen molar-refractivity contribution >= 4 is 22.8 Å². The number of aromatic nitrogens is 2. The first-order valence-corrected chi connectivity index (χ1v) is 10.1. The van der Waals surface area contributed by atoms with Crippen LogP contribution in [0.15, 0.2) is 39.9 Å². The second-order valence-corrected chi connectivity index (χ2v) is 7.86. The Morgan fingerprint density at radius 1 is 1.19 bits per heavy atom. The van der Waals surface area contributed by atoms with E-state index in [1.165, 1.54) is 20.1 Å². The number of ether oxygens (including phenoxy) is 1. The zero-order valence-corrected chi connectivity index (χ0v) is 17.6. The first-order chi connectivity index (χ1) is 15.2. The second-order valence-electron chi connectivity index (χ2n) is 7.86. The molecular formula is C23H22N2O7. The minimum atomic E-state index is -1.23. The van der Waals surface area contributed by atoms with Gasteiger partial charge in [-0.25, -0.2) is 0 Å². The Morgan fingerprint density at radius 2 is 1.94 bits per heavy atom. The maximum absolute atomic E-state index is 13.4. The number of para-hydroxylation sites is 1. The molecule has 0 saturated heterocycles. The zero-order valence-electron chi connectivity index (χ0n) is 17.6. The molecule has 0 radical (unpaired) electrons. The maximum atomic E-state index is 13.4. The molecule has 1 aliphatic rings. The van der Waals surface area contributed by atoms with E-state index in [0.717, 1.165) is 21.0 Å². The third-order valence-corrected chi connectivity index (χ3v) is 5.97. The lowest BCUT2D eigenvalue weighted by Gasteiger charge is -2.20. The number of esters is 1. The fourth-order valence-corrected chi connectivity index (χ4v) is 4.49. The van der Waals surface area contributed by atoms with E-state index in [-0.39, 0.29) is 28.8 Å². The van der Waals surface area contributed by atoms with Crippen LogP contribution < -0.4 is 11.1 Å². The number of pyridine rings is 2. The number of hydrogen-bond donors (Lipinski definition) is 2. The molecule has 3 heterocycles. The maximum Gasteiger partial charge on any atom is 0.323 e. The Labute approximate surface area is 182 Å². The Morgan fingerprint density at radius 3 is 2.62 bits per heavy atom. The van der Waals surface area contributed by atoms with Crippen LogP contribution >= 0.6 is 0 Å². The smallest absolute Gasteiger partial charge is 0.323 e. The van der Waals surface area contributed by atoms with Gasteiger partial charge in [-0.15, -0.1) is 0 Å². The van der Waals surface area contributed by atoms with E-state index in [2.05, 4.69) is 0 Å². The van der Waals surface area contributed by atoms with Gasteiger partial charge in [0.2, 0.25) is 0 Å². The summed E-state index contributed by atoms with van der Waals surface area (Å²) in [4.78, 5) is 50.2. The number of aliphatic carboxylic acids is 1. The number of aromatic hydroxyl groups is 1. The number of carboxylic acid groups (broad SMARTS) is 1. The van der Waals surface area contributed by atoms with Crippen LogP contribution in [-0.2, 0) is 33.8 Å². The first-order valence-electron chi connectivity index (χ1n) is 10.1. The fraction of sp³-hybridized carbons (Fsp3) is 0.304. The van der Waals surface area contributed by atoms with Gasteiger partial charge in [0.15, 0.2) is 0 Å². The number of aryl methyl sites for hydroxylation is 3. The quantitative estimate of drug-likeness (QED) is 0.559. The van der Waals surface area contributed by atoms with Crippen LogP contribution in [0.5, 0.6) is 5.75 Å². The summed E-state index contributed by atoms with van der Waals surface area (Å²) in [6.45, 7) is 1.35. The van der Waals surface area contributed by atoms with Crippen LogP contribution in [0.4, 0.5) is 0 Å². The van der Waals surface area contributed by atoms with E-state index in [0.29, 0.717) is 13.0 Å². The summed E-state index contributed by atoms with van der Waals surface area (Å²) >= 11 is 0. The molecule has 1 aliphatic heterocycles. The van der Waals surface area contributed by atoms with E-state index in [1.54, 1.807) is 10.6 Å². The van der Waals surface area contributed by atoms with Crippen LogP contribution in [0.3, 0.4) is 0 Å². The van der Waals surface area contributed by atoms with Gasteiger partial charge in [0, 0.05) is 23.7 Å². The third kappa shape index (κ3) is 3.45. The van der Waals surface area contributed by atoms with E-state index >= 15 is 0 Å². The average Bonchev–Trinajstić information content (AvgIpc) is 3.18. The number of hydrogen-bond acceptors (Lipinski definition) is 6. The standard InChI is InChI=1S/C23H22N2O7/c1-12-8-17(26)20(23(31)25(12)11-18(27)28)15(10-19(29)32-2)16-9-14-5-3-4-13-6-7-24(21(13)14)22(16)30/h3-5,8-9,15,26H,6-7,10-11H2,1-2H3,(H,27,28)/t15-/m1/s1. The minimum Gasteiger partial charge on any atom is -0.507 e. The molecule has 0 aliphatic carbocycles. The van der Waals surface area contributed by atoms with Crippen molar-refractivity contribution in [2.45, 2.75) is 38.8 Å². The third-order valence-electron chi connectivity index (χ3n) is 5.97. The largest absolute Gasteiger partial charge is 0.507 e. The van der Waals surface area contributed by atoms with Crippen LogP contribution in [0.2, 0.25) is 0 Å². The van der Waals surface area contributed by atoms with Crippen LogP contribution in [0.1, 0.15) is 34.7 Å². The number of nitrogens with zero attached hydrogens (tertiary/aromatic N) is 2. The molecule has 0 fully saturated rings. The van der Waals surface area contributed by atoms with E-state index in [1.807, 2.05) is 18.2 Å².